The third-order valence-corrected chi connectivity index (χ3v) is 2.49. The van der Waals surface area contributed by atoms with Gasteiger partial charge in [-0.2, -0.15) is 0 Å². The van der Waals surface area contributed by atoms with E-state index in [9.17, 15) is 0 Å². The quantitative estimate of drug-likeness (QED) is 0.825. The molecule has 16 heavy (non-hydrogen) atoms. The van der Waals surface area contributed by atoms with Crippen molar-refractivity contribution >= 4 is 5.82 Å². The highest BCUT2D eigenvalue weighted by Gasteiger charge is 2.08. The SMILES string of the molecule is Cc1ncc(NC(C)c2ncc[nH]2)nc1C. The van der Waals surface area contributed by atoms with E-state index in [0.29, 0.717) is 0 Å². The van der Waals surface area contributed by atoms with Crippen molar-refractivity contribution in [1.29, 1.82) is 0 Å². The highest BCUT2D eigenvalue weighted by Crippen LogP contribution is 2.14. The number of rotatable bonds is 3. The second-order valence-electron chi connectivity index (χ2n) is 3.77. The fourth-order valence-electron chi connectivity index (χ4n) is 1.42. The van der Waals surface area contributed by atoms with Gasteiger partial charge in [-0.15, -0.1) is 0 Å². The number of aromatic nitrogens is 4. The first-order chi connectivity index (χ1) is 7.66. The van der Waals surface area contributed by atoms with Crippen molar-refractivity contribution in [3.05, 3.63) is 35.8 Å². The number of hydrogen-bond acceptors (Lipinski definition) is 4. The molecule has 5 nitrogen and oxygen atoms in total. The summed E-state index contributed by atoms with van der Waals surface area (Å²) in [6.07, 6.45) is 5.28. The Hall–Kier alpha value is -1.91. The van der Waals surface area contributed by atoms with E-state index in [1.807, 2.05) is 20.8 Å². The molecular formula is C11H15N5. The van der Waals surface area contributed by atoms with Gasteiger partial charge >= 0.3 is 0 Å². The van der Waals surface area contributed by atoms with E-state index in [0.717, 1.165) is 23.0 Å². The standard InChI is InChI=1S/C11H15N5/c1-7-8(2)15-10(6-14-7)16-9(3)11-12-4-5-13-11/h4-6,9H,1-3H3,(H,12,13)(H,15,16). The number of aromatic amines is 1. The molecule has 0 bridgehead atoms. The average molecular weight is 217 g/mol. The van der Waals surface area contributed by atoms with Crippen molar-refractivity contribution in [3.63, 3.8) is 0 Å². The van der Waals surface area contributed by atoms with Gasteiger partial charge in [0.25, 0.3) is 0 Å². The van der Waals surface area contributed by atoms with Crippen LogP contribution >= 0.6 is 0 Å². The van der Waals surface area contributed by atoms with Crippen molar-refractivity contribution in [2.75, 3.05) is 5.32 Å². The van der Waals surface area contributed by atoms with Crippen molar-refractivity contribution < 1.29 is 0 Å². The number of nitrogens with zero attached hydrogens (tertiary/aromatic N) is 3. The number of imidazole rings is 1. The Balaban J connectivity index is 2.12. The smallest absolute Gasteiger partial charge is 0.145 e. The van der Waals surface area contributed by atoms with E-state index < -0.39 is 0 Å². The number of anilines is 1. The Morgan fingerprint density at radius 2 is 2.06 bits per heavy atom. The lowest BCUT2D eigenvalue weighted by Crippen LogP contribution is -2.10. The maximum Gasteiger partial charge on any atom is 0.145 e. The fraction of sp³-hybridized carbons (Fsp3) is 0.364. The van der Waals surface area contributed by atoms with Crippen LogP contribution in [0.2, 0.25) is 0 Å². The fourth-order valence-corrected chi connectivity index (χ4v) is 1.42. The van der Waals surface area contributed by atoms with E-state index in [1.165, 1.54) is 0 Å². The molecule has 0 fully saturated rings. The minimum absolute atomic E-state index is 0.0893. The maximum absolute atomic E-state index is 4.41. The third-order valence-electron chi connectivity index (χ3n) is 2.49. The average Bonchev–Trinajstić information content (AvgIpc) is 2.77. The lowest BCUT2D eigenvalue weighted by molar-refractivity contribution is 0.799. The Morgan fingerprint density at radius 3 is 2.69 bits per heavy atom. The van der Waals surface area contributed by atoms with Crippen LogP contribution < -0.4 is 5.32 Å². The molecule has 2 heterocycles. The first kappa shape index (κ1) is 10.6. The number of hydrogen-bond donors (Lipinski definition) is 2. The van der Waals surface area contributed by atoms with E-state index in [-0.39, 0.29) is 6.04 Å². The largest absolute Gasteiger partial charge is 0.359 e. The molecule has 0 aliphatic heterocycles. The predicted molar refractivity (Wildman–Crippen MR) is 62.1 cm³/mol. The zero-order chi connectivity index (χ0) is 11.5. The molecule has 2 N–H and O–H groups in total. The van der Waals surface area contributed by atoms with Gasteiger partial charge in [0.1, 0.15) is 11.6 Å². The molecule has 5 heteroatoms. The zero-order valence-corrected chi connectivity index (χ0v) is 9.65. The molecule has 0 saturated carbocycles. The molecule has 0 aliphatic rings. The molecule has 0 amide bonds. The monoisotopic (exact) mass is 217 g/mol. The second kappa shape index (κ2) is 4.30. The summed E-state index contributed by atoms with van der Waals surface area (Å²) in [5.74, 6) is 1.66. The van der Waals surface area contributed by atoms with Gasteiger partial charge in [0, 0.05) is 12.4 Å². The molecule has 2 aromatic rings. The highest BCUT2D eigenvalue weighted by molar-refractivity contribution is 5.35. The van der Waals surface area contributed by atoms with E-state index in [1.54, 1.807) is 18.6 Å². The van der Waals surface area contributed by atoms with Gasteiger partial charge in [-0.1, -0.05) is 0 Å². The summed E-state index contributed by atoms with van der Waals surface area (Å²) in [7, 11) is 0. The molecule has 0 aliphatic carbocycles. The molecule has 0 radical (unpaired) electrons. The molecule has 2 rings (SSSR count). The molecule has 2 aromatic heterocycles. The molecule has 84 valence electrons. The Bertz CT molecular complexity index is 463. The summed E-state index contributed by atoms with van der Waals surface area (Å²) in [4.78, 5) is 15.9. The number of H-pyrrole nitrogens is 1. The molecule has 0 aromatic carbocycles. The molecule has 1 atom stereocenters. The van der Waals surface area contributed by atoms with Crippen LogP contribution in [0, 0.1) is 13.8 Å². The number of aryl methyl sites for hydroxylation is 2. The van der Waals surface area contributed by atoms with Crippen molar-refractivity contribution in [1.82, 2.24) is 19.9 Å². The Morgan fingerprint density at radius 1 is 1.25 bits per heavy atom. The summed E-state index contributed by atoms with van der Waals surface area (Å²) in [6.45, 7) is 5.92. The molecule has 1 unspecified atom stereocenters. The minimum atomic E-state index is 0.0893. The van der Waals surface area contributed by atoms with Gasteiger partial charge in [0.05, 0.1) is 23.6 Å². The maximum atomic E-state index is 4.41. The van der Waals surface area contributed by atoms with Crippen LogP contribution in [0.4, 0.5) is 5.82 Å². The predicted octanol–water partition coefficient (Wildman–Crippen LogP) is 1.99. The second-order valence-corrected chi connectivity index (χ2v) is 3.77. The van der Waals surface area contributed by atoms with E-state index >= 15 is 0 Å². The van der Waals surface area contributed by atoms with E-state index in [4.69, 9.17) is 0 Å². The summed E-state index contributed by atoms with van der Waals surface area (Å²) < 4.78 is 0. The van der Waals surface area contributed by atoms with Crippen LogP contribution in [0.5, 0.6) is 0 Å². The Kier molecular flexibility index (Phi) is 2.85. The van der Waals surface area contributed by atoms with Crippen LogP contribution in [0.15, 0.2) is 18.6 Å². The van der Waals surface area contributed by atoms with Crippen LogP contribution in [-0.4, -0.2) is 19.9 Å². The summed E-state index contributed by atoms with van der Waals surface area (Å²) >= 11 is 0. The number of nitrogens with one attached hydrogen (secondary N) is 2. The van der Waals surface area contributed by atoms with Gasteiger partial charge in [0.15, 0.2) is 0 Å². The van der Waals surface area contributed by atoms with Gasteiger partial charge in [-0.3, -0.25) is 4.98 Å². The summed E-state index contributed by atoms with van der Waals surface area (Å²) in [6, 6.07) is 0.0893. The topological polar surface area (TPSA) is 66.5 Å². The summed E-state index contributed by atoms with van der Waals surface area (Å²) in [5, 5.41) is 3.24. The minimum Gasteiger partial charge on any atom is -0.359 e. The molecular weight excluding hydrogens is 202 g/mol. The highest BCUT2D eigenvalue weighted by atomic mass is 15.1. The summed E-state index contributed by atoms with van der Waals surface area (Å²) in [5.41, 5.74) is 1.90. The normalized spacial score (nSPS) is 12.4. The first-order valence-electron chi connectivity index (χ1n) is 5.23. The van der Waals surface area contributed by atoms with Gasteiger partial charge in [-0.05, 0) is 20.8 Å². The van der Waals surface area contributed by atoms with Gasteiger partial charge in [-0.25, -0.2) is 9.97 Å². The van der Waals surface area contributed by atoms with Crippen molar-refractivity contribution in [2.45, 2.75) is 26.8 Å². The lowest BCUT2D eigenvalue weighted by Gasteiger charge is -2.12. The Labute approximate surface area is 94.4 Å². The van der Waals surface area contributed by atoms with Crippen LogP contribution in [0.25, 0.3) is 0 Å². The van der Waals surface area contributed by atoms with E-state index in [2.05, 4.69) is 25.3 Å². The van der Waals surface area contributed by atoms with Gasteiger partial charge < -0.3 is 10.3 Å². The van der Waals surface area contributed by atoms with Crippen molar-refractivity contribution in [3.8, 4) is 0 Å². The first-order valence-corrected chi connectivity index (χ1v) is 5.23. The van der Waals surface area contributed by atoms with Crippen LogP contribution in [0.3, 0.4) is 0 Å². The molecule has 0 saturated heterocycles. The zero-order valence-electron chi connectivity index (χ0n) is 9.65. The lowest BCUT2D eigenvalue weighted by atomic mass is 10.3. The van der Waals surface area contributed by atoms with Gasteiger partial charge in [0.2, 0.25) is 0 Å². The van der Waals surface area contributed by atoms with Crippen molar-refractivity contribution in [2.24, 2.45) is 0 Å². The molecule has 0 spiro atoms. The van der Waals surface area contributed by atoms with Crippen LogP contribution in [0.1, 0.15) is 30.2 Å². The third kappa shape index (κ3) is 2.18. The van der Waals surface area contributed by atoms with Crippen LogP contribution in [-0.2, 0) is 0 Å².